The molecule has 1 aromatic rings. The highest BCUT2D eigenvalue weighted by Crippen LogP contribution is 2.51. The van der Waals surface area contributed by atoms with Gasteiger partial charge in [-0.1, -0.05) is 31.5 Å². The molecule has 2 aliphatic carbocycles. The van der Waals surface area contributed by atoms with Crippen molar-refractivity contribution in [2.24, 2.45) is 23.7 Å². The molecule has 5 atom stereocenters. The Bertz CT molecular complexity index is 745. The third-order valence-corrected chi connectivity index (χ3v) is 8.73. The molecule has 136 valence electrons. The molecule has 1 heterocycles. The molecular formula is C20H27NO3S. The van der Waals surface area contributed by atoms with Gasteiger partial charge in [0.1, 0.15) is 5.78 Å². The molecule has 0 unspecified atom stereocenters. The first-order chi connectivity index (χ1) is 12.0. The second kappa shape index (κ2) is 6.51. The zero-order chi connectivity index (χ0) is 17.6. The normalized spacial score (nSPS) is 36.0. The molecule has 3 aliphatic rings. The van der Waals surface area contributed by atoms with Crippen molar-refractivity contribution >= 4 is 15.8 Å². The van der Waals surface area contributed by atoms with Crippen molar-refractivity contribution in [3.05, 3.63) is 30.3 Å². The van der Waals surface area contributed by atoms with E-state index < -0.39 is 10.0 Å². The van der Waals surface area contributed by atoms with E-state index in [1.807, 2.05) is 6.07 Å². The van der Waals surface area contributed by atoms with Crippen molar-refractivity contribution in [3.63, 3.8) is 0 Å². The van der Waals surface area contributed by atoms with Gasteiger partial charge in [0, 0.05) is 24.9 Å². The topological polar surface area (TPSA) is 54.5 Å². The maximum Gasteiger partial charge on any atom is 0.243 e. The predicted molar refractivity (Wildman–Crippen MR) is 96.5 cm³/mol. The van der Waals surface area contributed by atoms with Crippen molar-refractivity contribution < 1.29 is 13.2 Å². The lowest BCUT2D eigenvalue weighted by Gasteiger charge is -2.54. The smallest absolute Gasteiger partial charge is 0.243 e. The van der Waals surface area contributed by atoms with E-state index >= 15 is 0 Å². The van der Waals surface area contributed by atoms with E-state index in [0.717, 1.165) is 32.1 Å². The molecule has 0 aromatic heterocycles. The number of sulfonamides is 1. The Morgan fingerprint density at radius 1 is 1.12 bits per heavy atom. The molecule has 1 aliphatic heterocycles. The number of benzene rings is 1. The van der Waals surface area contributed by atoms with Crippen LogP contribution in [-0.2, 0) is 14.8 Å². The summed E-state index contributed by atoms with van der Waals surface area (Å²) in [5, 5.41) is 0. The zero-order valence-corrected chi connectivity index (χ0v) is 15.6. The van der Waals surface area contributed by atoms with Crippen LogP contribution in [0.3, 0.4) is 0 Å². The van der Waals surface area contributed by atoms with Crippen LogP contribution in [0.25, 0.3) is 0 Å². The first-order valence-electron chi connectivity index (χ1n) is 9.63. The summed E-state index contributed by atoms with van der Waals surface area (Å²) in [6, 6.07) is 8.89. The fourth-order valence-electron chi connectivity index (χ4n) is 5.80. The number of hydrogen-bond acceptors (Lipinski definition) is 3. The van der Waals surface area contributed by atoms with Crippen LogP contribution in [0.15, 0.2) is 35.2 Å². The monoisotopic (exact) mass is 361 g/mol. The minimum absolute atomic E-state index is 0.0739. The van der Waals surface area contributed by atoms with E-state index in [-0.39, 0.29) is 12.0 Å². The van der Waals surface area contributed by atoms with E-state index in [4.69, 9.17) is 0 Å². The SMILES string of the molecule is CC[C@@H]1C(=O)C[C@H]2CCN(S(=O)(=O)c3ccccc3)[C@H]3CCC[C@@H]1[C@H]23. The lowest BCUT2D eigenvalue weighted by Crippen LogP contribution is -2.59. The largest absolute Gasteiger partial charge is 0.299 e. The van der Waals surface area contributed by atoms with Gasteiger partial charge in [0.2, 0.25) is 10.0 Å². The lowest BCUT2D eigenvalue weighted by atomic mass is 9.56. The third-order valence-electron chi connectivity index (χ3n) is 6.79. The average Bonchev–Trinajstić information content (AvgIpc) is 2.63. The first-order valence-corrected chi connectivity index (χ1v) is 11.1. The molecule has 0 amide bonds. The fourth-order valence-corrected chi connectivity index (χ4v) is 7.52. The van der Waals surface area contributed by atoms with E-state index in [1.165, 1.54) is 0 Å². The highest BCUT2D eigenvalue weighted by atomic mass is 32.2. The van der Waals surface area contributed by atoms with Gasteiger partial charge in [-0.3, -0.25) is 4.79 Å². The van der Waals surface area contributed by atoms with Gasteiger partial charge >= 0.3 is 0 Å². The van der Waals surface area contributed by atoms with Gasteiger partial charge in [-0.05, 0) is 55.6 Å². The lowest BCUT2D eigenvalue weighted by molar-refractivity contribution is -0.136. The number of ketones is 1. The Hall–Kier alpha value is -1.20. The molecule has 25 heavy (non-hydrogen) atoms. The molecule has 0 N–H and O–H groups in total. The van der Waals surface area contributed by atoms with Gasteiger partial charge in [-0.25, -0.2) is 8.42 Å². The van der Waals surface area contributed by atoms with Gasteiger partial charge in [-0.2, -0.15) is 4.31 Å². The van der Waals surface area contributed by atoms with Crippen LogP contribution in [-0.4, -0.2) is 31.1 Å². The van der Waals surface area contributed by atoms with Gasteiger partial charge in [0.25, 0.3) is 0 Å². The summed E-state index contributed by atoms with van der Waals surface area (Å²) < 4.78 is 28.2. The molecule has 2 saturated carbocycles. The standard InChI is InChI=1S/C20H27NO3S/c1-2-16-17-9-6-10-18-20(17)14(13-19(16)22)11-12-21(18)25(23,24)15-7-4-3-5-8-15/h3-5,7-8,14,16-18,20H,2,6,9-13H2,1H3/t14-,16+,17+,18+,20+/m1/s1. The number of rotatable bonds is 3. The molecule has 4 nitrogen and oxygen atoms in total. The average molecular weight is 362 g/mol. The molecule has 0 bridgehead atoms. The predicted octanol–water partition coefficient (Wildman–Crippen LogP) is 3.48. The van der Waals surface area contributed by atoms with Crippen molar-refractivity contribution in [3.8, 4) is 0 Å². The maximum atomic E-state index is 13.2. The van der Waals surface area contributed by atoms with Gasteiger partial charge in [0.05, 0.1) is 4.90 Å². The van der Waals surface area contributed by atoms with E-state index in [9.17, 15) is 13.2 Å². The summed E-state index contributed by atoms with van der Waals surface area (Å²) in [4.78, 5) is 12.9. The summed E-state index contributed by atoms with van der Waals surface area (Å²) in [7, 11) is -3.45. The Labute approximate surface area is 150 Å². The van der Waals surface area contributed by atoms with Crippen molar-refractivity contribution in [2.45, 2.75) is 56.4 Å². The molecule has 3 fully saturated rings. The van der Waals surface area contributed by atoms with Crippen molar-refractivity contribution in [1.29, 1.82) is 0 Å². The summed E-state index contributed by atoms with van der Waals surface area (Å²) in [6.07, 6.45) is 5.44. The van der Waals surface area contributed by atoms with Gasteiger partial charge in [0.15, 0.2) is 0 Å². The highest BCUT2D eigenvalue weighted by Gasteiger charge is 2.53. The molecule has 1 aromatic carbocycles. The summed E-state index contributed by atoms with van der Waals surface area (Å²) in [5.74, 6) is 1.69. The Morgan fingerprint density at radius 2 is 1.88 bits per heavy atom. The van der Waals surface area contributed by atoms with Crippen LogP contribution in [0.2, 0.25) is 0 Å². The van der Waals surface area contributed by atoms with Crippen molar-refractivity contribution in [2.75, 3.05) is 6.54 Å². The Balaban J connectivity index is 1.69. The number of carbonyl (C=O) groups is 1. The van der Waals surface area contributed by atoms with Gasteiger partial charge < -0.3 is 0 Å². The second-order valence-corrected chi connectivity index (χ2v) is 9.79. The van der Waals surface area contributed by atoms with E-state index in [2.05, 4.69) is 6.92 Å². The Kier molecular flexibility index (Phi) is 4.49. The zero-order valence-electron chi connectivity index (χ0n) is 14.8. The highest BCUT2D eigenvalue weighted by molar-refractivity contribution is 7.89. The van der Waals surface area contributed by atoms with Crippen LogP contribution in [0.5, 0.6) is 0 Å². The number of hydrogen-bond donors (Lipinski definition) is 0. The van der Waals surface area contributed by atoms with Crippen LogP contribution in [0.1, 0.15) is 45.4 Å². The maximum absolute atomic E-state index is 13.2. The van der Waals surface area contributed by atoms with Crippen LogP contribution < -0.4 is 0 Å². The first kappa shape index (κ1) is 17.2. The number of Topliss-reactive ketones (excluding diaryl/α,β-unsaturated/α-hetero) is 1. The van der Waals surface area contributed by atoms with Crippen molar-refractivity contribution in [1.82, 2.24) is 4.31 Å². The minimum atomic E-state index is -3.45. The number of nitrogens with zero attached hydrogens (tertiary/aromatic N) is 1. The van der Waals surface area contributed by atoms with E-state index in [1.54, 1.807) is 28.6 Å². The number of piperidine rings is 1. The van der Waals surface area contributed by atoms with Crippen LogP contribution >= 0.6 is 0 Å². The summed E-state index contributed by atoms with van der Waals surface area (Å²) in [6.45, 7) is 2.66. The molecular weight excluding hydrogens is 334 g/mol. The quantitative estimate of drug-likeness (QED) is 0.828. The third kappa shape index (κ3) is 2.76. The minimum Gasteiger partial charge on any atom is -0.299 e. The molecule has 5 heteroatoms. The molecule has 1 saturated heterocycles. The Morgan fingerprint density at radius 3 is 2.60 bits per heavy atom. The molecule has 0 radical (unpaired) electrons. The van der Waals surface area contributed by atoms with Crippen LogP contribution in [0, 0.1) is 23.7 Å². The van der Waals surface area contributed by atoms with Gasteiger partial charge in [-0.15, -0.1) is 0 Å². The summed E-state index contributed by atoms with van der Waals surface area (Å²) >= 11 is 0. The summed E-state index contributed by atoms with van der Waals surface area (Å²) in [5.41, 5.74) is 0. The van der Waals surface area contributed by atoms with E-state index in [0.29, 0.717) is 41.4 Å². The molecule has 4 rings (SSSR count). The second-order valence-electron chi connectivity index (χ2n) is 7.90. The van der Waals surface area contributed by atoms with Crippen LogP contribution in [0.4, 0.5) is 0 Å². The number of carbonyl (C=O) groups excluding carboxylic acids is 1. The molecule has 0 spiro atoms. The fraction of sp³-hybridized carbons (Fsp3) is 0.650.